The maximum absolute atomic E-state index is 6.13. The Hall–Kier alpha value is -2.34. The van der Waals surface area contributed by atoms with Crippen molar-refractivity contribution >= 4 is 28.2 Å². The van der Waals surface area contributed by atoms with Gasteiger partial charge >= 0.3 is 0 Å². The van der Waals surface area contributed by atoms with E-state index in [0.29, 0.717) is 5.02 Å². The number of nitrogens with zero attached hydrogens (tertiary/aromatic N) is 2. The second-order valence-corrected chi connectivity index (χ2v) is 8.55. The summed E-state index contributed by atoms with van der Waals surface area (Å²) in [6.45, 7) is 10.7. The highest BCUT2D eigenvalue weighted by Gasteiger charge is 2.15. The largest absolute Gasteiger partial charge is 0.497 e. The molecule has 2 atom stereocenters. The molecule has 32 heavy (non-hydrogen) atoms. The van der Waals surface area contributed by atoms with Crippen molar-refractivity contribution in [1.29, 1.82) is 0 Å². The second kappa shape index (κ2) is 12.0. The maximum atomic E-state index is 6.13. The van der Waals surface area contributed by atoms with E-state index < -0.39 is 0 Å². The third kappa shape index (κ3) is 6.58. The fourth-order valence-electron chi connectivity index (χ4n) is 3.96. The quantitative estimate of drug-likeness (QED) is 0.364. The minimum Gasteiger partial charge on any atom is -0.497 e. The number of hydrogen-bond donors (Lipinski definition) is 2. The molecule has 1 aromatic heterocycles. The molecule has 2 unspecified atom stereocenters. The number of methoxy groups -OCH3 is 1. The van der Waals surface area contributed by atoms with Gasteiger partial charge in [-0.3, -0.25) is 4.98 Å². The highest BCUT2D eigenvalue weighted by Crippen LogP contribution is 2.25. The van der Waals surface area contributed by atoms with Crippen molar-refractivity contribution in [2.75, 3.05) is 38.6 Å². The van der Waals surface area contributed by atoms with E-state index in [1.165, 1.54) is 5.56 Å². The molecule has 0 saturated carbocycles. The van der Waals surface area contributed by atoms with Crippen LogP contribution in [0.25, 0.3) is 10.9 Å². The summed E-state index contributed by atoms with van der Waals surface area (Å²) in [6.07, 6.45) is 2.88. The Balaban J connectivity index is 1.67. The van der Waals surface area contributed by atoms with Crippen LogP contribution in [0.1, 0.15) is 38.8 Å². The number of ether oxygens (including phenoxy) is 1. The first-order chi connectivity index (χ1) is 15.5. The number of benzene rings is 2. The van der Waals surface area contributed by atoms with Crippen LogP contribution in [-0.2, 0) is 0 Å². The molecule has 3 aromatic rings. The standard InChI is InChI=1S/C26H35ClN4O/c1-5-31(6-2)16-14-24(20-7-10-22(32-4)11-8-20)29-18-19(3)30-25-13-15-28-26-17-21(27)9-12-23(25)26/h7-13,15,17,19,24,29H,5-6,14,16,18H2,1-4H3,(H,28,30). The van der Waals surface area contributed by atoms with Crippen molar-refractivity contribution in [3.8, 4) is 5.75 Å². The minimum absolute atomic E-state index is 0.241. The molecule has 3 rings (SSSR count). The molecule has 0 amide bonds. The highest BCUT2D eigenvalue weighted by atomic mass is 35.5. The summed E-state index contributed by atoms with van der Waals surface area (Å²) in [6, 6.07) is 16.8. The number of rotatable bonds is 12. The van der Waals surface area contributed by atoms with Crippen molar-refractivity contribution < 1.29 is 4.74 Å². The van der Waals surface area contributed by atoms with Crippen molar-refractivity contribution in [1.82, 2.24) is 15.2 Å². The average Bonchev–Trinajstić information content (AvgIpc) is 2.81. The van der Waals surface area contributed by atoms with Crippen molar-refractivity contribution in [3.63, 3.8) is 0 Å². The van der Waals surface area contributed by atoms with E-state index in [2.05, 4.69) is 53.4 Å². The zero-order valence-corrected chi connectivity index (χ0v) is 20.3. The van der Waals surface area contributed by atoms with Crippen molar-refractivity contribution in [3.05, 3.63) is 65.3 Å². The van der Waals surface area contributed by atoms with Crippen LogP contribution in [0.5, 0.6) is 5.75 Å². The zero-order valence-electron chi connectivity index (χ0n) is 19.6. The lowest BCUT2D eigenvalue weighted by atomic mass is 10.0. The monoisotopic (exact) mass is 454 g/mol. The molecule has 0 bridgehead atoms. The number of fused-ring (bicyclic) bond motifs is 1. The van der Waals surface area contributed by atoms with Gasteiger partial charge in [0.1, 0.15) is 5.75 Å². The van der Waals surface area contributed by atoms with Gasteiger partial charge in [0, 0.05) is 40.9 Å². The van der Waals surface area contributed by atoms with Crippen LogP contribution < -0.4 is 15.4 Å². The van der Waals surface area contributed by atoms with Crippen LogP contribution in [0, 0.1) is 0 Å². The lowest BCUT2D eigenvalue weighted by molar-refractivity contribution is 0.281. The topological polar surface area (TPSA) is 49.4 Å². The van der Waals surface area contributed by atoms with Crippen LogP contribution in [0.15, 0.2) is 54.7 Å². The fraction of sp³-hybridized carbons (Fsp3) is 0.423. The van der Waals surface area contributed by atoms with Gasteiger partial charge in [-0.15, -0.1) is 0 Å². The molecule has 2 N–H and O–H groups in total. The smallest absolute Gasteiger partial charge is 0.118 e. The molecule has 0 saturated heterocycles. The second-order valence-electron chi connectivity index (χ2n) is 8.11. The summed E-state index contributed by atoms with van der Waals surface area (Å²) in [4.78, 5) is 6.91. The normalized spacial score (nSPS) is 13.3. The molecular weight excluding hydrogens is 420 g/mol. The molecule has 0 radical (unpaired) electrons. The van der Waals surface area contributed by atoms with Crippen LogP contribution in [0.2, 0.25) is 5.02 Å². The number of pyridine rings is 1. The summed E-state index contributed by atoms with van der Waals surface area (Å²) in [5.74, 6) is 0.885. The number of anilines is 1. The SMILES string of the molecule is CCN(CC)CCC(NCC(C)Nc1ccnc2cc(Cl)ccc12)c1ccc(OC)cc1. The van der Waals surface area contributed by atoms with Gasteiger partial charge in [-0.1, -0.05) is 37.6 Å². The molecular formula is C26H35ClN4O. The molecule has 2 aromatic carbocycles. The van der Waals surface area contributed by atoms with Gasteiger partial charge in [0.25, 0.3) is 0 Å². The first-order valence-corrected chi connectivity index (χ1v) is 11.8. The molecule has 0 aliphatic heterocycles. The number of halogens is 1. The van der Waals surface area contributed by atoms with Gasteiger partial charge in [0.15, 0.2) is 0 Å². The van der Waals surface area contributed by atoms with Gasteiger partial charge in [0.2, 0.25) is 0 Å². The summed E-state index contributed by atoms with van der Waals surface area (Å²) < 4.78 is 5.34. The number of nitrogens with one attached hydrogen (secondary N) is 2. The maximum Gasteiger partial charge on any atom is 0.118 e. The van der Waals surface area contributed by atoms with Crippen LogP contribution in [0.4, 0.5) is 5.69 Å². The number of hydrogen-bond acceptors (Lipinski definition) is 5. The predicted molar refractivity (Wildman–Crippen MR) is 136 cm³/mol. The lowest BCUT2D eigenvalue weighted by Crippen LogP contribution is -2.35. The van der Waals surface area contributed by atoms with E-state index in [1.54, 1.807) is 7.11 Å². The Labute approximate surface area is 197 Å². The first-order valence-electron chi connectivity index (χ1n) is 11.4. The fourth-order valence-corrected chi connectivity index (χ4v) is 4.12. The molecule has 1 heterocycles. The van der Waals surface area contributed by atoms with Crippen molar-refractivity contribution in [2.45, 2.75) is 39.3 Å². The van der Waals surface area contributed by atoms with Crippen LogP contribution in [-0.4, -0.2) is 49.2 Å². The molecule has 0 aliphatic rings. The van der Waals surface area contributed by atoms with E-state index in [4.69, 9.17) is 16.3 Å². The van der Waals surface area contributed by atoms with Gasteiger partial charge in [0.05, 0.1) is 12.6 Å². The van der Waals surface area contributed by atoms with E-state index in [-0.39, 0.29) is 12.1 Å². The Kier molecular flexibility index (Phi) is 9.15. The minimum atomic E-state index is 0.241. The van der Waals surface area contributed by atoms with E-state index in [1.807, 2.05) is 42.6 Å². The van der Waals surface area contributed by atoms with Gasteiger partial charge in [-0.05, 0) is 74.9 Å². The summed E-state index contributed by atoms with van der Waals surface area (Å²) in [7, 11) is 1.70. The Morgan fingerprint density at radius 1 is 1.06 bits per heavy atom. The van der Waals surface area contributed by atoms with Crippen LogP contribution >= 0.6 is 11.6 Å². The first kappa shape index (κ1) is 24.3. The Bertz CT molecular complexity index is 975. The third-order valence-electron chi connectivity index (χ3n) is 5.92. The zero-order chi connectivity index (χ0) is 22.9. The molecule has 6 heteroatoms. The molecule has 0 aliphatic carbocycles. The molecule has 5 nitrogen and oxygen atoms in total. The predicted octanol–water partition coefficient (Wildman–Crippen LogP) is 5.76. The van der Waals surface area contributed by atoms with Crippen LogP contribution in [0.3, 0.4) is 0 Å². The summed E-state index contributed by atoms with van der Waals surface area (Å²) in [5.41, 5.74) is 3.26. The Morgan fingerprint density at radius 3 is 2.50 bits per heavy atom. The number of aromatic nitrogens is 1. The third-order valence-corrected chi connectivity index (χ3v) is 6.16. The van der Waals surface area contributed by atoms with Gasteiger partial charge in [-0.2, -0.15) is 0 Å². The molecule has 172 valence electrons. The molecule has 0 spiro atoms. The van der Waals surface area contributed by atoms with Gasteiger partial charge < -0.3 is 20.3 Å². The highest BCUT2D eigenvalue weighted by molar-refractivity contribution is 6.31. The van der Waals surface area contributed by atoms with E-state index in [9.17, 15) is 0 Å². The Morgan fingerprint density at radius 2 is 1.81 bits per heavy atom. The lowest BCUT2D eigenvalue weighted by Gasteiger charge is -2.26. The van der Waals surface area contributed by atoms with E-state index in [0.717, 1.165) is 54.9 Å². The van der Waals surface area contributed by atoms with Crippen molar-refractivity contribution in [2.24, 2.45) is 0 Å². The summed E-state index contributed by atoms with van der Waals surface area (Å²) in [5, 5.41) is 9.21. The van der Waals surface area contributed by atoms with Gasteiger partial charge in [-0.25, -0.2) is 0 Å². The summed E-state index contributed by atoms with van der Waals surface area (Å²) >= 11 is 6.13. The molecule has 0 fully saturated rings. The van der Waals surface area contributed by atoms with E-state index >= 15 is 0 Å². The average molecular weight is 455 g/mol.